The van der Waals surface area contributed by atoms with Gasteiger partial charge in [-0.2, -0.15) is 5.10 Å². The van der Waals surface area contributed by atoms with Crippen molar-refractivity contribution in [3.05, 3.63) is 41.7 Å². The first-order valence-corrected chi connectivity index (χ1v) is 6.86. The minimum Gasteiger partial charge on any atom is -0.375 e. The van der Waals surface area contributed by atoms with E-state index in [9.17, 15) is 4.79 Å². The minimum atomic E-state index is -0.135. The van der Waals surface area contributed by atoms with E-state index in [-0.39, 0.29) is 5.91 Å². The predicted octanol–water partition coefficient (Wildman–Crippen LogP) is 1.54. The standard InChI is InChI=1S/C13H13N5OS/c1-18-5-4-9(17-18)7-15-12(19)8-2-3-10-11(6-8)20-13(14)16-10/h2-6H,7H2,1H3,(H2,14,16)(H,15,19). The van der Waals surface area contributed by atoms with Gasteiger partial charge in [-0.25, -0.2) is 4.98 Å². The van der Waals surface area contributed by atoms with Crippen molar-refractivity contribution in [1.29, 1.82) is 0 Å². The molecule has 0 saturated carbocycles. The lowest BCUT2D eigenvalue weighted by atomic mass is 10.2. The van der Waals surface area contributed by atoms with Gasteiger partial charge < -0.3 is 11.1 Å². The Morgan fingerprint density at radius 2 is 2.30 bits per heavy atom. The van der Waals surface area contributed by atoms with E-state index in [4.69, 9.17) is 5.73 Å². The fourth-order valence-corrected chi connectivity index (χ4v) is 2.69. The van der Waals surface area contributed by atoms with Gasteiger partial charge in [-0.15, -0.1) is 0 Å². The van der Waals surface area contributed by atoms with E-state index in [0.717, 1.165) is 15.9 Å². The van der Waals surface area contributed by atoms with Crippen LogP contribution in [0.3, 0.4) is 0 Å². The number of hydrogen-bond acceptors (Lipinski definition) is 5. The Hall–Kier alpha value is -2.41. The van der Waals surface area contributed by atoms with Gasteiger partial charge in [0, 0.05) is 18.8 Å². The molecule has 0 bridgehead atoms. The van der Waals surface area contributed by atoms with Crippen molar-refractivity contribution < 1.29 is 4.79 Å². The van der Waals surface area contributed by atoms with E-state index in [1.807, 2.05) is 19.3 Å². The number of fused-ring (bicyclic) bond motifs is 1. The van der Waals surface area contributed by atoms with Crippen molar-refractivity contribution >= 4 is 32.6 Å². The molecular formula is C13H13N5OS. The summed E-state index contributed by atoms with van der Waals surface area (Å²) < 4.78 is 2.61. The summed E-state index contributed by atoms with van der Waals surface area (Å²) in [4.78, 5) is 16.2. The Kier molecular flexibility index (Phi) is 3.11. The van der Waals surface area contributed by atoms with E-state index in [0.29, 0.717) is 17.2 Å². The molecule has 0 aliphatic rings. The van der Waals surface area contributed by atoms with E-state index < -0.39 is 0 Å². The van der Waals surface area contributed by atoms with Crippen LogP contribution in [0.15, 0.2) is 30.5 Å². The zero-order valence-electron chi connectivity index (χ0n) is 10.8. The molecule has 3 N–H and O–H groups in total. The number of nitrogens with two attached hydrogens (primary N) is 1. The van der Waals surface area contributed by atoms with Gasteiger partial charge in [0.15, 0.2) is 5.13 Å². The number of rotatable bonds is 3. The second kappa shape index (κ2) is 4.93. The molecule has 0 fully saturated rings. The number of aryl methyl sites for hydroxylation is 1. The maximum absolute atomic E-state index is 12.1. The maximum Gasteiger partial charge on any atom is 0.251 e. The summed E-state index contributed by atoms with van der Waals surface area (Å²) in [6.07, 6.45) is 1.84. The summed E-state index contributed by atoms with van der Waals surface area (Å²) in [5.41, 5.74) is 7.88. The molecule has 0 spiro atoms. The summed E-state index contributed by atoms with van der Waals surface area (Å²) in [5.74, 6) is -0.135. The van der Waals surface area contributed by atoms with Gasteiger partial charge in [-0.1, -0.05) is 11.3 Å². The van der Waals surface area contributed by atoms with Crippen molar-refractivity contribution in [3.8, 4) is 0 Å². The zero-order valence-corrected chi connectivity index (χ0v) is 11.6. The maximum atomic E-state index is 12.1. The Morgan fingerprint density at radius 1 is 1.45 bits per heavy atom. The van der Waals surface area contributed by atoms with Gasteiger partial charge in [0.05, 0.1) is 22.5 Å². The molecule has 0 radical (unpaired) electrons. The van der Waals surface area contributed by atoms with Crippen LogP contribution in [0.2, 0.25) is 0 Å². The average Bonchev–Trinajstić information content (AvgIpc) is 2.99. The van der Waals surface area contributed by atoms with Crippen molar-refractivity contribution in [2.24, 2.45) is 7.05 Å². The third-order valence-corrected chi connectivity index (χ3v) is 3.71. The van der Waals surface area contributed by atoms with Crippen LogP contribution in [-0.2, 0) is 13.6 Å². The first-order valence-electron chi connectivity index (χ1n) is 6.04. The van der Waals surface area contributed by atoms with Gasteiger partial charge in [0.25, 0.3) is 5.91 Å². The molecule has 6 nitrogen and oxygen atoms in total. The molecule has 7 heteroatoms. The molecule has 0 aliphatic heterocycles. The second-order valence-electron chi connectivity index (χ2n) is 4.40. The largest absolute Gasteiger partial charge is 0.375 e. The monoisotopic (exact) mass is 287 g/mol. The summed E-state index contributed by atoms with van der Waals surface area (Å²) in [5, 5.41) is 7.55. The number of thiazole rings is 1. The summed E-state index contributed by atoms with van der Waals surface area (Å²) in [7, 11) is 1.84. The lowest BCUT2D eigenvalue weighted by Gasteiger charge is -2.03. The molecule has 20 heavy (non-hydrogen) atoms. The smallest absolute Gasteiger partial charge is 0.251 e. The van der Waals surface area contributed by atoms with Crippen LogP contribution in [0, 0.1) is 0 Å². The summed E-state index contributed by atoms with van der Waals surface area (Å²) >= 11 is 1.37. The fraction of sp³-hybridized carbons (Fsp3) is 0.154. The number of anilines is 1. The number of carbonyl (C=O) groups is 1. The number of nitrogen functional groups attached to an aromatic ring is 1. The summed E-state index contributed by atoms with van der Waals surface area (Å²) in [6.45, 7) is 0.405. The van der Waals surface area contributed by atoms with Gasteiger partial charge in [-0.3, -0.25) is 9.48 Å². The lowest BCUT2D eigenvalue weighted by molar-refractivity contribution is 0.0950. The molecule has 0 aliphatic carbocycles. The number of benzene rings is 1. The van der Waals surface area contributed by atoms with Gasteiger partial charge in [0.2, 0.25) is 0 Å². The predicted molar refractivity (Wildman–Crippen MR) is 78.4 cm³/mol. The quantitative estimate of drug-likeness (QED) is 0.765. The molecule has 0 saturated heterocycles. The van der Waals surface area contributed by atoms with Crippen LogP contribution in [-0.4, -0.2) is 20.7 Å². The van der Waals surface area contributed by atoms with E-state index in [1.165, 1.54) is 11.3 Å². The van der Waals surface area contributed by atoms with Crippen LogP contribution in [0.4, 0.5) is 5.13 Å². The van der Waals surface area contributed by atoms with Crippen LogP contribution in [0.1, 0.15) is 16.1 Å². The number of amides is 1. The molecule has 1 amide bonds. The van der Waals surface area contributed by atoms with Gasteiger partial charge >= 0.3 is 0 Å². The van der Waals surface area contributed by atoms with Crippen LogP contribution in [0.5, 0.6) is 0 Å². The average molecular weight is 287 g/mol. The SMILES string of the molecule is Cn1ccc(CNC(=O)c2ccc3nc(N)sc3c2)n1. The molecule has 2 heterocycles. The van der Waals surface area contributed by atoms with Gasteiger partial charge in [-0.05, 0) is 24.3 Å². The topological polar surface area (TPSA) is 85.8 Å². The highest BCUT2D eigenvalue weighted by Crippen LogP contribution is 2.24. The van der Waals surface area contributed by atoms with Crippen molar-refractivity contribution in [1.82, 2.24) is 20.1 Å². The molecule has 102 valence electrons. The Morgan fingerprint density at radius 3 is 3.05 bits per heavy atom. The van der Waals surface area contributed by atoms with Crippen LogP contribution < -0.4 is 11.1 Å². The van der Waals surface area contributed by atoms with Crippen LogP contribution in [0.25, 0.3) is 10.2 Å². The minimum absolute atomic E-state index is 0.135. The number of hydrogen-bond donors (Lipinski definition) is 2. The molecule has 2 aromatic heterocycles. The molecule has 0 unspecified atom stereocenters. The summed E-state index contributed by atoms with van der Waals surface area (Å²) in [6, 6.07) is 7.22. The number of nitrogens with zero attached hydrogens (tertiary/aromatic N) is 3. The van der Waals surface area contributed by atoms with E-state index in [1.54, 1.807) is 22.9 Å². The normalized spacial score (nSPS) is 10.8. The number of nitrogens with one attached hydrogen (secondary N) is 1. The molecule has 3 aromatic rings. The first-order chi connectivity index (χ1) is 9.61. The highest BCUT2D eigenvalue weighted by molar-refractivity contribution is 7.22. The Bertz CT molecular complexity index is 776. The van der Waals surface area contributed by atoms with Crippen LogP contribution >= 0.6 is 11.3 Å². The van der Waals surface area contributed by atoms with Crippen molar-refractivity contribution in [2.45, 2.75) is 6.54 Å². The van der Waals surface area contributed by atoms with E-state index in [2.05, 4.69) is 15.4 Å². The van der Waals surface area contributed by atoms with E-state index >= 15 is 0 Å². The number of aromatic nitrogens is 3. The second-order valence-corrected chi connectivity index (χ2v) is 5.46. The lowest BCUT2D eigenvalue weighted by Crippen LogP contribution is -2.23. The fourth-order valence-electron chi connectivity index (χ4n) is 1.91. The molecular weight excluding hydrogens is 274 g/mol. The molecule has 0 atom stereocenters. The van der Waals surface area contributed by atoms with Gasteiger partial charge in [0.1, 0.15) is 0 Å². The first kappa shape index (κ1) is 12.6. The zero-order chi connectivity index (χ0) is 14.1. The molecule has 3 rings (SSSR count). The van der Waals surface area contributed by atoms with Crippen molar-refractivity contribution in [2.75, 3.05) is 5.73 Å². The van der Waals surface area contributed by atoms with Crippen molar-refractivity contribution in [3.63, 3.8) is 0 Å². The third-order valence-electron chi connectivity index (χ3n) is 2.87. The Balaban J connectivity index is 1.74. The third kappa shape index (κ3) is 2.48. The highest BCUT2D eigenvalue weighted by atomic mass is 32.1. The highest BCUT2D eigenvalue weighted by Gasteiger charge is 2.09. The Labute approximate surface area is 119 Å². The number of carbonyl (C=O) groups excluding carboxylic acids is 1. The molecule has 1 aromatic carbocycles.